The van der Waals surface area contributed by atoms with Crippen LogP contribution >= 0.6 is 11.6 Å². The number of carbonyl (C=O) groups excluding carboxylic acids is 1. The van der Waals surface area contributed by atoms with E-state index in [2.05, 4.69) is 19.2 Å². The molecule has 1 N–H and O–H groups in total. The smallest absolute Gasteiger partial charge is 0.287 e. The molecule has 120 valence electrons. The maximum atomic E-state index is 12.2. The Morgan fingerprint density at radius 2 is 2.18 bits per heavy atom. The number of benzene rings is 1. The van der Waals surface area contributed by atoms with Gasteiger partial charge in [0.05, 0.1) is 5.02 Å². The molecule has 5 heteroatoms. The zero-order valence-electron chi connectivity index (χ0n) is 13.2. The third-order valence-electron chi connectivity index (χ3n) is 3.32. The summed E-state index contributed by atoms with van der Waals surface area (Å²) >= 11 is 6.09. The quantitative estimate of drug-likeness (QED) is 0.777. The molecule has 0 aliphatic carbocycles. The van der Waals surface area contributed by atoms with E-state index >= 15 is 0 Å². The lowest BCUT2D eigenvalue weighted by atomic mass is 10.1. The van der Waals surface area contributed by atoms with Crippen LogP contribution in [0.2, 0.25) is 5.02 Å². The summed E-state index contributed by atoms with van der Waals surface area (Å²) in [5, 5.41) is 4.24. The van der Waals surface area contributed by atoms with Gasteiger partial charge >= 0.3 is 0 Å². The molecule has 0 aliphatic heterocycles. The van der Waals surface area contributed by atoms with Crippen LogP contribution in [0.3, 0.4) is 0 Å². The van der Waals surface area contributed by atoms with E-state index in [0.29, 0.717) is 35.4 Å². The van der Waals surface area contributed by atoms with Crippen molar-refractivity contribution in [1.82, 2.24) is 5.32 Å². The summed E-state index contributed by atoms with van der Waals surface area (Å²) in [6.45, 7) is 8.02. The van der Waals surface area contributed by atoms with Gasteiger partial charge in [0.15, 0.2) is 11.3 Å². The molecule has 0 aliphatic rings. The van der Waals surface area contributed by atoms with Crippen molar-refractivity contribution in [2.75, 3.05) is 19.8 Å². The molecular formula is C17H22ClNO3. The lowest BCUT2D eigenvalue weighted by Crippen LogP contribution is -2.25. The second-order valence-electron chi connectivity index (χ2n) is 5.75. The van der Waals surface area contributed by atoms with E-state index in [1.807, 2.05) is 19.1 Å². The Hall–Kier alpha value is -1.52. The average Bonchev–Trinajstić information content (AvgIpc) is 2.81. The van der Waals surface area contributed by atoms with Crippen LogP contribution in [0, 0.1) is 12.8 Å². The largest absolute Gasteiger partial charge is 0.449 e. The number of hydrogen-bond acceptors (Lipinski definition) is 3. The Balaban J connectivity index is 1.90. The van der Waals surface area contributed by atoms with E-state index in [4.69, 9.17) is 20.8 Å². The molecule has 2 aromatic rings. The van der Waals surface area contributed by atoms with Gasteiger partial charge in [-0.25, -0.2) is 0 Å². The van der Waals surface area contributed by atoms with Crippen molar-refractivity contribution in [2.45, 2.75) is 27.2 Å². The molecule has 0 spiro atoms. The number of carbonyl (C=O) groups is 1. The molecule has 4 nitrogen and oxygen atoms in total. The third kappa shape index (κ3) is 4.02. The van der Waals surface area contributed by atoms with Crippen molar-refractivity contribution in [3.05, 3.63) is 34.5 Å². The maximum Gasteiger partial charge on any atom is 0.287 e. The normalized spacial score (nSPS) is 11.3. The molecule has 0 atom stereocenters. The number of nitrogens with one attached hydrogen (secondary N) is 1. The van der Waals surface area contributed by atoms with Crippen molar-refractivity contribution in [2.24, 2.45) is 5.92 Å². The predicted molar refractivity (Wildman–Crippen MR) is 88.6 cm³/mol. The molecule has 1 aromatic carbocycles. The highest BCUT2D eigenvalue weighted by Crippen LogP contribution is 2.30. The molecule has 0 radical (unpaired) electrons. The summed E-state index contributed by atoms with van der Waals surface area (Å²) in [6.07, 6.45) is 0.776. The van der Waals surface area contributed by atoms with Crippen molar-refractivity contribution >= 4 is 28.5 Å². The van der Waals surface area contributed by atoms with Gasteiger partial charge < -0.3 is 14.5 Å². The molecule has 0 saturated heterocycles. The molecule has 1 heterocycles. The number of ether oxygens (including phenoxy) is 1. The minimum atomic E-state index is -0.214. The van der Waals surface area contributed by atoms with Gasteiger partial charge in [0.1, 0.15) is 0 Å². The van der Waals surface area contributed by atoms with E-state index in [0.717, 1.165) is 24.0 Å². The first-order valence-electron chi connectivity index (χ1n) is 7.54. The van der Waals surface area contributed by atoms with Crippen LogP contribution in [0.4, 0.5) is 0 Å². The van der Waals surface area contributed by atoms with Crippen LogP contribution in [0.5, 0.6) is 0 Å². The molecule has 0 bridgehead atoms. The highest BCUT2D eigenvalue weighted by molar-refractivity contribution is 6.35. The summed E-state index contributed by atoms with van der Waals surface area (Å²) in [6, 6.07) is 5.50. The minimum Gasteiger partial charge on any atom is -0.449 e. The predicted octanol–water partition coefficient (Wildman–Crippen LogP) is 4.19. The Kier molecular flexibility index (Phi) is 5.86. The van der Waals surface area contributed by atoms with Gasteiger partial charge in [-0.15, -0.1) is 0 Å². The summed E-state index contributed by atoms with van der Waals surface area (Å²) in [5.41, 5.74) is 1.37. The van der Waals surface area contributed by atoms with Gasteiger partial charge in [0.25, 0.3) is 5.91 Å². The summed E-state index contributed by atoms with van der Waals surface area (Å²) < 4.78 is 11.1. The van der Waals surface area contributed by atoms with Crippen LogP contribution in [0.25, 0.3) is 11.0 Å². The molecule has 0 unspecified atom stereocenters. The number of para-hydroxylation sites is 1. The molecular weight excluding hydrogens is 302 g/mol. The SMILES string of the molecule is Cc1c(C(=O)NCCCOCC(C)C)oc2c(Cl)cccc12. The first kappa shape index (κ1) is 16.8. The zero-order valence-corrected chi connectivity index (χ0v) is 14.0. The summed E-state index contributed by atoms with van der Waals surface area (Å²) in [5.74, 6) is 0.636. The number of fused-ring (bicyclic) bond motifs is 1. The van der Waals surface area contributed by atoms with E-state index in [-0.39, 0.29) is 5.91 Å². The highest BCUT2D eigenvalue weighted by Gasteiger charge is 2.18. The fraction of sp³-hybridized carbons (Fsp3) is 0.471. The maximum absolute atomic E-state index is 12.2. The fourth-order valence-electron chi connectivity index (χ4n) is 2.20. The summed E-state index contributed by atoms with van der Waals surface area (Å²) in [4.78, 5) is 12.2. The number of furan rings is 1. The molecule has 1 amide bonds. The topological polar surface area (TPSA) is 51.5 Å². The molecule has 2 rings (SSSR count). The van der Waals surface area contributed by atoms with E-state index in [1.54, 1.807) is 6.07 Å². The number of halogens is 1. The fourth-order valence-corrected chi connectivity index (χ4v) is 2.41. The lowest BCUT2D eigenvalue weighted by Gasteiger charge is -2.07. The van der Waals surface area contributed by atoms with Gasteiger partial charge in [0, 0.05) is 30.7 Å². The van der Waals surface area contributed by atoms with Crippen molar-refractivity contribution < 1.29 is 13.9 Å². The lowest BCUT2D eigenvalue weighted by molar-refractivity contribution is 0.0901. The van der Waals surface area contributed by atoms with Crippen molar-refractivity contribution in [3.63, 3.8) is 0 Å². The number of amides is 1. The first-order chi connectivity index (χ1) is 10.5. The third-order valence-corrected chi connectivity index (χ3v) is 3.62. The van der Waals surface area contributed by atoms with Gasteiger partial charge in [-0.05, 0) is 25.3 Å². The summed E-state index contributed by atoms with van der Waals surface area (Å²) in [7, 11) is 0. The van der Waals surface area contributed by atoms with Crippen molar-refractivity contribution in [3.8, 4) is 0 Å². The van der Waals surface area contributed by atoms with Gasteiger partial charge in [0.2, 0.25) is 0 Å². The monoisotopic (exact) mass is 323 g/mol. The molecule has 0 fully saturated rings. The highest BCUT2D eigenvalue weighted by atomic mass is 35.5. The van der Waals surface area contributed by atoms with E-state index in [9.17, 15) is 4.79 Å². The van der Waals surface area contributed by atoms with Crippen LogP contribution in [-0.4, -0.2) is 25.7 Å². The van der Waals surface area contributed by atoms with Gasteiger partial charge in [-0.1, -0.05) is 37.6 Å². The number of hydrogen-bond donors (Lipinski definition) is 1. The Labute approximate surface area is 135 Å². The average molecular weight is 324 g/mol. The number of aryl methyl sites for hydroxylation is 1. The van der Waals surface area contributed by atoms with Crippen LogP contribution < -0.4 is 5.32 Å². The Bertz CT molecular complexity index is 649. The van der Waals surface area contributed by atoms with E-state index < -0.39 is 0 Å². The molecule has 1 aromatic heterocycles. The van der Waals surface area contributed by atoms with E-state index in [1.165, 1.54) is 0 Å². The molecule has 22 heavy (non-hydrogen) atoms. The number of rotatable bonds is 7. The Morgan fingerprint density at radius 1 is 1.41 bits per heavy atom. The Morgan fingerprint density at radius 3 is 2.86 bits per heavy atom. The second kappa shape index (κ2) is 7.65. The standard InChI is InChI=1S/C17H22ClNO3/c1-11(2)10-21-9-5-8-19-17(20)15-12(3)13-6-4-7-14(18)16(13)22-15/h4,6-7,11H,5,8-10H2,1-3H3,(H,19,20). The van der Waals surface area contributed by atoms with Crippen LogP contribution in [0.15, 0.2) is 22.6 Å². The van der Waals surface area contributed by atoms with Gasteiger partial charge in [-0.3, -0.25) is 4.79 Å². The second-order valence-corrected chi connectivity index (χ2v) is 6.16. The minimum absolute atomic E-state index is 0.214. The van der Waals surface area contributed by atoms with Gasteiger partial charge in [-0.2, -0.15) is 0 Å². The van der Waals surface area contributed by atoms with Crippen LogP contribution in [0.1, 0.15) is 36.4 Å². The zero-order chi connectivity index (χ0) is 16.1. The first-order valence-corrected chi connectivity index (χ1v) is 7.92. The van der Waals surface area contributed by atoms with Crippen molar-refractivity contribution in [1.29, 1.82) is 0 Å². The molecule has 0 saturated carbocycles. The van der Waals surface area contributed by atoms with Crippen LogP contribution in [-0.2, 0) is 4.74 Å².